The van der Waals surface area contributed by atoms with E-state index < -0.39 is 6.10 Å². The van der Waals surface area contributed by atoms with E-state index in [0.717, 1.165) is 141 Å². The molecule has 0 heterocycles. The first-order chi connectivity index (χ1) is 41.0. The van der Waals surface area contributed by atoms with Crippen LogP contribution in [0.2, 0.25) is 0 Å². The van der Waals surface area contributed by atoms with Crippen LogP contribution in [0.15, 0.2) is 134 Å². The summed E-state index contributed by atoms with van der Waals surface area (Å²) in [7, 11) is 0. The maximum atomic E-state index is 12.9. The van der Waals surface area contributed by atoms with Gasteiger partial charge in [-0.3, -0.25) is 14.4 Å². The Balaban J connectivity index is 4.29. The molecular formula is C77H128O6. The summed E-state index contributed by atoms with van der Waals surface area (Å²) in [5.41, 5.74) is 0. The Bertz CT molecular complexity index is 1750. The van der Waals surface area contributed by atoms with Crippen LogP contribution < -0.4 is 0 Å². The first-order valence-corrected chi connectivity index (χ1v) is 34.7. The molecule has 83 heavy (non-hydrogen) atoms. The number of esters is 3. The molecule has 0 aliphatic heterocycles. The molecule has 0 amide bonds. The lowest BCUT2D eigenvalue weighted by atomic mass is 10.0. The normalized spacial score (nSPS) is 13.0. The Morgan fingerprint density at radius 1 is 0.253 bits per heavy atom. The highest BCUT2D eigenvalue weighted by Crippen LogP contribution is 2.16. The molecule has 0 aromatic carbocycles. The monoisotopic (exact) mass is 1150 g/mol. The van der Waals surface area contributed by atoms with Crippen LogP contribution in [0, 0.1) is 0 Å². The van der Waals surface area contributed by atoms with Gasteiger partial charge in [0.25, 0.3) is 0 Å². The summed E-state index contributed by atoms with van der Waals surface area (Å²) in [5.74, 6) is -0.907. The minimum Gasteiger partial charge on any atom is -0.462 e. The predicted octanol–water partition coefficient (Wildman–Crippen LogP) is 24.1. The highest BCUT2D eigenvalue weighted by Gasteiger charge is 2.19. The zero-order valence-electron chi connectivity index (χ0n) is 54.2. The van der Waals surface area contributed by atoms with Gasteiger partial charge in [0.2, 0.25) is 0 Å². The molecule has 0 aliphatic carbocycles. The van der Waals surface area contributed by atoms with Crippen LogP contribution >= 0.6 is 0 Å². The molecule has 1 atom stereocenters. The van der Waals surface area contributed by atoms with Gasteiger partial charge in [-0.15, -0.1) is 0 Å². The molecule has 0 aliphatic rings. The van der Waals surface area contributed by atoms with Crippen molar-refractivity contribution in [3.05, 3.63) is 134 Å². The van der Waals surface area contributed by atoms with Gasteiger partial charge in [0.15, 0.2) is 6.10 Å². The maximum Gasteiger partial charge on any atom is 0.306 e. The molecule has 0 aromatic rings. The number of carbonyl (C=O) groups is 3. The zero-order chi connectivity index (χ0) is 59.9. The lowest BCUT2D eigenvalue weighted by molar-refractivity contribution is -0.167. The largest absolute Gasteiger partial charge is 0.462 e. The minimum atomic E-state index is -0.794. The molecule has 6 nitrogen and oxygen atoms in total. The van der Waals surface area contributed by atoms with E-state index in [9.17, 15) is 14.4 Å². The molecule has 0 saturated carbocycles. The second kappa shape index (κ2) is 70.0. The van der Waals surface area contributed by atoms with Gasteiger partial charge in [0.05, 0.1) is 0 Å². The van der Waals surface area contributed by atoms with Crippen molar-refractivity contribution in [1.82, 2.24) is 0 Å². The lowest BCUT2D eigenvalue weighted by Crippen LogP contribution is -2.30. The molecule has 0 spiro atoms. The maximum absolute atomic E-state index is 12.9. The molecule has 0 aromatic heterocycles. The van der Waals surface area contributed by atoms with Gasteiger partial charge in [-0.1, -0.05) is 289 Å². The van der Waals surface area contributed by atoms with Gasteiger partial charge in [0.1, 0.15) is 13.2 Å². The van der Waals surface area contributed by atoms with Crippen LogP contribution in [0.3, 0.4) is 0 Å². The first-order valence-electron chi connectivity index (χ1n) is 34.7. The summed E-state index contributed by atoms with van der Waals surface area (Å²) in [6, 6.07) is 0. The van der Waals surface area contributed by atoms with E-state index in [-0.39, 0.29) is 31.1 Å². The van der Waals surface area contributed by atoms with E-state index in [1.54, 1.807) is 0 Å². The molecular weight excluding hydrogens is 1020 g/mol. The van der Waals surface area contributed by atoms with E-state index in [1.165, 1.54) is 135 Å². The van der Waals surface area contributed by atoms with E-state index >= 15 is 0 Å². The average Bonchev–Trinajstić information content (AvgIpc) is 3.49. The molecule has 1 unspecified atom stereocenters. The number of ether oxygens (including phenoxy) is 3. The molecule has 6 heteroatoms. The molecule has 0 radical (unpaired) electrons. The van der Waals surface area contributed by atoms with Crippen LogP contribution in [-0.4, -0.2) is 37.2 Å². The van der Waals surface area contributed by atoms with E-state index in [2.05, 4.69) is 154 Å². The number of carbonyl (C=O) groups excluding carboxylic acids is 3. The first kappa shape index (κ1) is 78.5. The van der Waals surface area contributed by atoms with Gasteiger partial charge in [0, 0.05) is 19.3 Å². The van der Waals surface area contributed by atoms with E-state index in [1.807, 2.05) is 0 Å². The van der Waals surface area contributed by atoms with Gasteiger partial charge < -0.3 is 14.2 Å². The second-order valence-corrected chi connectivity index (χ2v) is 22.7. The van der Waals surface area contributed by atoms with Gasteiger partial charge in [-0.05, 0) is 141 Å². The van der Waals surface area contributed by atoms with Gasteiger partial charge in [-0.25, -0.2) is 0 Å². The topological polar surface area (TPSA) is 78.9 Å². The Hall–Kier alpha value is -4.45. The fraction of sp³-hybridized carbons (Fsp3) is 0.675. The minimum absolute atomic E-state index is 0.0890. The van der Waals surface area contributed by atoms with Gasteiger partial charge in [-0.2, -0.15) is 0 Å². The number of allylic oxidation sites excluding steroid dienone is 22. The van der Waals surface area contributed by atoms with Crippen molar-refractivity contribution >= 4 is 17.9 Å². The molecule has 0 N–H and O–H groups in total. The Morgan fingerprint density at radius 2 is 0.470 bits per heavy atom. The van der Waals surface area contributed by atoms with Crippen LogP contribution in [-0.2, 0) is 28.6 Å². The Morgan fingerprint density at radius 3 is 0.735 bits per heavy atom. The molecule has 0 bridgehead atoms. The van der Waals surface area contributed by atoms with Gasteiger partial charge >= 0.3 is 17.9 Å². The lowest BCUT2D eigenvalue weighted by Gasteiger charge is -2.18. The fourth-order valence-corrected chi connectivity index (χ4v) is 9.43. The van der Waals surface area contributed by atoms with Crippen molar-refractivity contribution in [1.29, 1.82) is 0 Å². The van der Waals surface area contributed by atoms with Crippen LogP contribution in [0.4, 0.5) is 0 Å². The van der Waals surface area contributed by atoms with Crippen molar-refractivity contribution in [3.63, 3.8) is 0 Å². The Kier molecular flexibility index (Phi) is 66.3. The SMILES string of the molecule is CC/C=C\C/C=C\C/C=C\C/C=C\C/C=C\C/C=C\C/C=C\CCCCCCCCCCCCCC(=O)OCC(COC(=O)CCCCCCC/C=C\C/C=C\CCCCC)OC(=O)CCCCCCCCC/C=C\C/C=C\CCCCC. The van der Waals surface area contributed by atoms with Crippen molar-refractivity contribution in [2.45, 2.75) is 322 Å². The van der Waals surface area contributed by atoms with Crippen LogP contribution in [0.25, 0.3) is 0 Å². The summed E-state index contributed by atoms with van der Waals surface area (Å²) in [5, 5.41) is 0. The third-order valence-corrected chi connectivity index (χ3v) is 14.6. The molecule has 472 valence electrons. The predicted molar refractivity (Wildman–Crippen MR) is 362 cm³/mol. The van der Waals surface area contributed by atoms with Crippen LogP contribution in [0.1, 0.15) is 316 Å². The quantitative estimate of drug-likeness (QED) is 0.0261. The highest BCUT2D eigenvalue weighted by molar-refractivity contribution is 5.71. The van der Waals surface area contributed by atoms with Crippen molar-refractivity contribution in [2.75, 3.05) is 13.2 Å². The van der Waals surface area contributed by atoms with Crippen LogP contribution in [0.5, 0.6) is 0 Å². The van der Waals surface area contributed by atoms with E-state index in [0.29, 0.717) is 19.3 Å². The van der Waals surface area contributed by atoms with E-state index in [4.69, 9.17) is 14.2 Å². The third-order valence-electron chi connectivity index (χ3n) is 14.6. The second-order valence-electron chi connectivity index (χ2n) is 22.7. The summed E-state index contributed by atoms with van der Waals surface area (Å²) < 4.78 is 16.9. The standard InChI is InChI=1S/C77H128O6/c1-4-7-10-13-16-19-22-25-28-30-31-32-33-34-35-36-37-38-39-40-41-42-43-44-45-47-49-52-55-58-61-64-67-70-76(79)82-73-74(72-81-75(78)69-66-63-60-57-54-51-48-27-24-21-18-15-12-9-6-3)83-77(80)71-68-65-62-59-56-53-50-46-29-26-23-20-17-14-11-8-5-2/h7,10,16-21,25-29,31-32,34-35,37-38,40-41,48,74H,4-6,8-9,11-15,22-24,30,33,36,39,42-47,49-73H2,1-3H3/b10-7-,19-16-,20-17-,21-18-,28-25-,29-26-,32-31-,35-34-,38-37-,41-40-,48-27-. The smallest absolute Gasteiger partial charge is 0.306 e. The average molecular weight is 1150 g/mol. The molecule has 0 fully saturated rings. The van der Waals surface area contributed by atoms with Crippen molar-refractivity contribution in [2.24, 2.45) is 0 Å². The van der Waals surface area contributed by atoms with Crippen molar-refractivity contribution < 1.29 is 28.6 Å². The Labute approximate surface area is 513 Å². The molecule has 0 rings (SSSR count). The zero-order valence-corrected chi connectivity index (χ0v) is 54.2. The summed E-state index contributed by atoms with van der Waals surface area (Å²) in [6.07, 6.45) is 98.9. The number of rotatable bonds is 62. The van der Waals surface area contributed by atoms with Crippen molar-refractivity contribution in [3.8, 4) is 0 Å². The summed E-state index contributed by atoms with van der Waals surface area (Å²) >= 11 is 0. The fourth-order valence-electron chi connectivity index (χ4n) is 9.43. The number of unbranched alkanes of at least 4 members (excludes halogenated alkanes) is 29. The number of hydrogen-bond acceptors (Lipinski definition) is 6. The number of hydrogen-bond donors (Lipinski definition) is 0. The highest BCUT2D eigenvalue weighted by atomic mass is 16.6. The summed E-state index contributed by atoms with van der Waals surface area (Å²) in [4.78, 5) is 38.4. The third kappa shape index (κ3) is 68.2. The molecule has 0 saturated heterocycles. The summed E-state index contributed by atoms with van der Waals surface area (Å²) in [6.45, 7) is 6.47.